The second-order valence-electron chi connectivity index (χ2n) is 2.60. The smallest absolute Gasteiger partial charge is 0.465 e. The Bertz CT molecular complexity index is 355. The van der Waals surface area contributed by atoms with Gasteiger partial charge < -0.3 is 14.8 Å². The van der Waals surface area contributed by atoms with Gasteiger partial charge in [-0.05, 0) is 12.1 Å². The van der Waals surface area contributed by atoms with Gasteiger partial charge in [0.05, 0.1) is 12.7 Å². The predicted molar refractivity (Wildman–Crippen MR) is 58.9 cm³/mol. The first-order valence-corrected chi connectivity index (χ1v) is 4.80. The van der Waals surface area contributed by atoms with Gasteiger partial charge in [0, 0.05) is 5.46 Å². The number of esters is 1. The number of ether oxygens (including phenoxy) is 1. The van der Waals surface area contributed by atoms with Crippen molar-refractivity contribution in [3.63, 3.8) is 0 Å². The summed E-state index contributed by atoms with van der Waals surface area (Å²) in [6.45, 7) is 4.00. The van der Waals surface area contributed by atoms with E-state index >= 15 is 0 Å². The molecule has 0 spiro atoms. The molecule has 0 fully saturated rings. The van der Waals surface area contributed by atoms with Gasteiger partial charge in [0.2, 0.25) is 0 Å². The Hall–Kier alpha value is -1.40. The molecule has 0 aliphatic heterocycles. The molecule has 16 heavy (non-hydrogen) atoms. The maximum absolute atomic E-state index is 13.1. The van der Waals surface area contributed by atoms with Crippen LogP contribution in [0.15, 0.2) is 18.2 Å². The minimum atomic E-state index is -1.89. The van der Waals surface area contributed by atoms with Gasteiger partial charge in [-0.15, -0.1) is 0 Å². The van der Waals surface area contributed by atoms with Crippen LogP contribution in [0.2, 0.25) is 0 Å². The quantitative estimate of drug-likeness (QED) is 0.565. The number of methoxy groups -OCH3 is 1. The van der Waals surface area contributed by atoms with Crippen LogP contribution in [0.5, 0.6) is 0 Å². The maximum Gasteiger partial charge on any atom is 0.491 e. The van der Waals surface area contributed by atoms with Gasteiger partial charge in [0.1, 0.15) is 5.82 Å². The van der Waals surface area contributed by atoms with Crippen LogP contribution in [0.4, 0.5) is 4.39 Å². The fourth-order valence-electron chi connectivity index (χ4n) is 0.981. The molecule has 0 amide bonds. The highest BCUT2D eigenvalue weighted by Crippen LogP contribution is 2.03. The molecule has 1 aromatic rings. The molecule has 0 radical (unpaired) electrons. The first-order valence-electron chi connectivity index (χ1n) is 4.80. The van der Waals surface area contributed by atoms with Crippen LogP contribution in [0.1, 0.15) is 24.2 Å². The summed E-state index contributed by atoms with van der Waals surface area (Å²) in [5, 5.41) is 17.4. The van der Waals surface area contributed by atoms with Crippen LogP contribution < -0.4 is 5.46 Å². The van der Waals surface area contributed by atoms with Crippen LogP contribution in [0.3, 0.4) is 0 Å². The average Bonchev–Trinajstić information content (AvgIpc) is 2.30. The molecule has 6 heteroatoms. The van der Waals surface area contributed by atoms with Crippen LogP contribution >= 0.6 is 0 Å². The third-order valence-corrected chi connectivity index (χ3v) is 1.70. The summed E-state index contributed by atoms with van der Waals surface area (Å²) in [6.07, 6.45) is 0. The fourth-order valence-corrected chi connectivity index (χ4v) is 0.981. The van der Waals surface area contributed by atoms with E-state index in [9.17, 15) is 9.18 Å². The van der Waals surface area contributed by atoms with Crippen molar-refractivity contribution >= 4 is 18.6 Å². The van der Waals surface area contributed by atoms with Gasteiger partial charge in [-0.2, -0.15) is 0 Å². The van der Waals surface area contributed by atoms with Gasteiger partial charge in [0.25, 0.3) is 0 Å². The molecule has 0 aliphatic carbocycles. The van der Waals surface area contributed by atoms with Crippen molar-refractivity contribution in [1.29, 1.82) is 0 Å². The zero-order valence-corrected chi connectivity index (χ0v) is 9.40. The van der Waals surface area contributed by atoms with E-state index in [-0.39, 0.29) is 11.0 Å². The molecule has 1 rings (SSSR count). The highest BCUT2D eigenvalue weighted by Gasteiger charge is 2.18. The molecule has 0 aliphatic rings. The van der Waals surface area contributed by atoms with Crippen LogP contribution in [0, 0.1) is 5.82 Å². The van der Waals surface area contributed by atoms with Gasteiger partial charge in [-0.3, -0.25) is 0 Å². The number of halogens is 1. The molecular weight excluding hydrogens is 214 g/mol. The molecule has 88 valence electrons. The van der Waals surface area contributed by atoms with Crippen LogP contribution in [0.25, 0.3) is 0 Å². The van der Waals surface area contributed by atoms with Crippen molar-refractivity contribution in [2.24, 2.45) is 0 Å². The predicted octanol–water partition coefficient (Wildman–Crippen LogP) is 0.318. The van der Waals surface area contributed by atoms with E-state index in [0.717, 1.165) is 12.1 Å². The van der Waals surface area contributed by atoms with E-state index in [4.69, 9.17) is 10.0 Å². The second-order valence-corrected chi connectivity index (χ2v) is 2.60. The van der Waals surface area contributed by atoms with Gasteiger partial charge >= 0.3 is 13.1 Å². The normalized spacial score (nSPS) is 8.88. The molecular formula is C10H14BFO4. The lowest BCUT2D eigenvalue weighted by Gasteiger charge is -2.03. The molecule has 0 saturated heterocycles. The molecule has 2 N–H and O–H groups in total. The lowest BCUT2D eigenvalue weighted by Crippen LogP contribution is -2.32. The van der Waals surface area contributed by atoms with Gasteiger partial charge in [-0.25, -0.2) is 9.18 Å². The SMILES string of the molecule is CC.COC(=O)c1ccc(B(O)O)c(F)c1. The summed E-state index contributed by atoms with van der Waals surface area (Å²) in [4.78, 5) is 10.9. The lowest BCUT2D eigenvalue weighted by molar-refractivity contribution is 0.0600. The van der Waals surface area contributed by atoms with Crippen molar-refractivity contribution in [2.75, 3.05) is 7.11 Å². The fraction of sp³-hybridized carbons (Fsp3) is 0.300. The van der Waals surface area contributed by atoms with Crippen LogP contribution in [-0.2, 0) is 4.74 Å². The zero-order valence-electron chi connectivity index (χ0n) is 9.40. The number of carbonyl (C=O) groups is 1. The molecule has 0 aromatic heterocycles. The van der Waals surface area contributed by atoms with Crippen LogP contribution in [-0.4, -0.2) is 30.2 Å². The Morgan fingerprint density at radius 1 is 1.38 bits per heavy atom. The zero-order chi connectivity index (χ0) is 12.7. The summed E-state index contributed by atoms with van der Waals surface area (Å²) in [5.41, 5.74) is -0.257. The van der Waals surface area contributed by atoms with E-state index in [1.165, 1.54) is 13.2 Å². The van der Waals surface area contributed by atoms with E-state index < -0.39 is 18.9 Å². The number of benzene rings is 1. The summed E-state index contributed by atoms with van der Waals surface area (Å²) >= 11 is 0. The number of rotatable bonds is 2. The second kappa shape index (κ2) is 6.97. The highest BCUT2D eigenvalue weighted by molar-refractivity contribution is 6.58. The number of hydrogen-bond donors (Lipinski definition) is 2. The van der Waals surface area contributed by atoms with Gasteiger partial charge in [-0.1, -0.05) is 19.9 Å². The standard InChI is InChI=1S/C8H8BFO4.C2H6/c1-14-8(11)5-2-3-6(9(12)13)7(10)4-5;1-2/h2-4,12-13H,1H3;1-2H3. The van der Waals surface area contributed by atoms with Gasteiger partial charge in [0.15, 0.2) is 0 Å². The largest absolute Gasteiger partial charge is 0.491 e. The monoisotopic (exact) mass is 228 g/mol. The lowest BCUT2D eigenvalue weighted by atomic mass is 9.79. The maximum atomic E-state index is 13.1. The Morgan fingerprint density at radius 3 is 2.31 bits per heavy atom. The van der Waals surface area contributed by atoms with Crippen molar-refractivity contribution in [1.82, 2.24) is 0 Å². The van der Waals surface area contributed by atoms with E-state index in [1.54, 1.807) is 0 Å². The molecule has 0 unspecified atom stereocenters. The molecule has 0 heterocycles. The van der Waals surface area contributed by atoms with Crippen molar-refractivity contribution in [3.8, 4) is 0 Å². The van der Waals surface area contributed by atoms with Crippen molar-refractivity contribution in [2.45, 2.75) is 13.8 Å². The highest BCUT2D eigenvalue weighted by atomic mass is 19.1. The number of carbonyl (C=O) groups excluding carboxylic acids is 1. The number of hydrogen-bond acceptors (Lipinski definition) is 4. The Morgan fingerprint density at radius 2 is 1.94 bits per heavy atom. The summed E-state index contributed by atoms with van der Waals surface area (Å²) in [6, 6.07) is 3.26. The molecule has 0 atom stereocenters. The summed E-state index contributed by atoms with van der Waals surface area (Å²) in [7, 11) is -0.712. The summed E-state index contributed by atoms with van der Waals surface area (Å²) in [5.74, 6) is -1.54. The minimum absolute atomic E-state index is 0.0226. The average molecular weight is 228 g/mol. The third kappa shape index (κ3) is 3.64. The van der Waals surface area contributed by atoms with E-state index in [0.29, 0.717) is 0 Å². The topological polar surface area (TPSA) is 66.8 Å². The third-order valence-electron chi connectivity index (χ3n) is 1.70. The van der Waals surface area contributed by atoms with Crippen molar-refractivity contribution in [3.05, 3.63) is 29.6 Å². The first kappa shape index (κ1) is 14.6. The first-order chi connectivity index (χ1) is 7.56. The molecule has 4 nitrogen and oxygen atoms in total. The Labute approximate surface area is 93.8 Å². The molecule has 0 saturated carbocycles. The minimum Gasteiger partial charge on any atom is -0.465 e. The molecule has 1 aromatic carbocycles. The summed E-state index contributed by atoms with van der Waals surface area (Å²) < 4.78 is 17.4. The Kier molecular flexibility index (Phi) is 6.37. The molecule has 0 bridgehead atoms. The van der Waals surface area contributed by atoms with E-state index in [2.05, 4.69) is 4.74 Å². The van der Waals surface area contributed by atoms with E-state index in [1.807, 2.05) is 13.8 Å². The Balaban J connectivity index is 0.00000106. The van der Waals surface area contributed by atoms with Crippen molar-refractivity contribution < 1.29 is 24.0 Å².